The highest BCUT2D eigenvalue weighted by atomic mass is 19.4. The van der Waals surface area contributed by atoms with E-state index in [0.717, 1.165) is 18.7 Å². The minimum absolute atomic E-state index is 0.131. The van der Waals surface area contributed by atoms with Crippen molar-refractivity contribution in [2.45, 2.75) is 31.5 Å². The van der Waals surface area contributed by atoms with E-state index in [1.54, 1.807) is 23.1 Å². The van der Waals surface area contributed by atoms with E-state index in [1.165, 1.54) is 0 Å². The molecule has 1 aromatic heterocycles. The lowest BCUT2D eigenvalue weighted by Crippen LogP contribution is -2.46. The number of aromatic nitrogens is 2. The number of anilines is 2. The topological polar surface area (TPSA) is 88.4 Å². The number of nitrogens with one attached hydrogen (secondary N) is 1. The van der Waals surface area contributed by atoms with Gasteiger partial charge in [0, 0.05) is 45.3 Å². The first-order chi connectivity index (χ1) is 16.7. The summed E-state index contributed by atoms with van der Waals surface area (Å²) in [7, 11) is 1.97. The molecular formula is C24H28F3N7O. The van der Waals surface area contributed by atoms with Crippen LogP contribution in [0.2, 0.25) is 0 Å². The summed E-state index contributed by atoms with van der Waals surface area (Å²) in [5.41, 5.74) is 1.55. The number of nitriles is 1. The summed E-state index contributed by atoms with van der Waals surface area (Å²) in [6.07, 6.45) is -2.87. The van der Waals surface area contributed by atoms with E-state index in [-0.39, 0.29) is 17.5 Å². The molecule has 8 nitrogen and oxygen atoms in total. The summed E-state index contributed by atoms with van der Waals surface area (Å²) in [5, 5.41) is 11.8. The molecule has 1 amide bonds. The Morgan fingerprint density at radius 2 is 1.80 bits per heavy atom. The third-order valence-corrected chi connectivity index (χ3v) is 6.43. The lowest BCUT2D eigenvalue weighted by Gasteiger charge is -2.34. The second-order valence-corrected chi connectivity index (χ2v) is 8.90. The standard InChI is InChI=1S/C24H28F3N7O/c1-32-11-13-33(14-12-32)20-15-21(31-23(30-20)24(25,26)27)34-10-2-3-19(34)22(35)29-9-8-17-4-6-18(16-28)7-5-17/h4-7,15,19H,2-3,8-14H2,1H3,(H,29,35)/t19-/m1/s1. The SMILES string of the molecule is CN1CCN(c2cc(N3CCC[C@@H]3C(=O)NCCc3ccc(C#N)cc3)nc(C(F)(F)F)n2)CC1. The highest BCUT2D eigenvalue weighted by Gasteiger charge is 2.38. The molecule has 2 saturated heterocycles. The average Bonchev–Trinajstić information content (AvgIpc) is 3.34. The Bertz CT molecular complexity index is 1080. The maximum atomic E-state index is 13.6. The second-order valence-electron chi connectivity index (χ2n) is 8.90. The summed E-state index contributed by atoms with van der Waals surface area (Å²) in [6, 6.07) is 10.2. The molecule has 0 bridgehead atoms. The van der Waals surface area contributed by atoms with Crippen LogP contribution in [-0.2, 0) is 17.4 Å². The lowest BCUT2D eigenvalue weighted by molar-refractivity contribution is -0.144. The maximum absolute atomic E-state index is 13.6. The van der Waals surface area contributed by atoms with Gasteiger partial charge in [0.2, 0.25) is 11.7 Å². The first-order valence-corrected chi connectivity index (χ1v) is 11.7. The number of nitrogens with zero attached hydrogens (tertiary/aromatic N) is 6. The smallest absolute Gasteiger partial charge is 0.354 e. The van der Waals surface area contributed by atoms with E-state index >= 15 is 0 Å². The van der Waals surface area contributed by atoms with Gasteiger partial charge >= 0.3 is 6.18 Å². The maximum Gasteiger partial charge on any atom is 0.451 e. The van der Waals surface area contributed by atoms with Gasteiger partial charge in [-0.05, 0) is 44.0 Å². The van der Waals surface area contributed by atoms with Gasteiger partial charge < -0.3 is 20.0 Å². The molecule has 4 rings (SSSR count). The van der Waals surface area contributed by atoms with E-state index in [4.69, 9.17) is 5.26 Å². The molecule has 3 heterocycles. The van der Waals surface area contributed by atoms with Gasteiger partial charge in [0.1, 0.15) is 17.7 Å². The molecule has 0 aliphatic carbocycles. The Kier molecular flexibility index (Phi) is 7.40. The van der Waals surface area contributed by atoms with Crippen molar-refractivity contribution in [3.05, 3.63) is 47.3 Å². The summed E-state index contributed by atoms with van der Waals surface area (Å²) in [4.78, 5) is 26.2. The zero-order valence-corrected chi connectivity index (χ0v) is 19.6. The summed E-state index contributed by atoms with van der Waals surface area (Å²) in [6.45, 7) is 3.44. The molecule has 2 aromatic rings. The predicted octanol–water partition coefficient (Wildman–Crippen LogP) is 2.45. The molecule has 1 aromatic carbocycles. The number of carbonyl (C=O) groups is 1. The van der Waals surface area contributed by atoms with Crippen molar-refractivity contribution in [3.8, 4) is 6.07 Å². The largest absolute Gasteiger partial charge is 0.451 e. The lowest BCUT2D eigenvalue weighted by atomic mass is 10.1. The van der Waals surface area contributed by atoms with Crippen LogP contribution in [0, 0.1) is 11.3 Å². The molecule has 1 N–H and O–H groups in total. The number of halogens is 3. The second kappa shape index (κ2) is 10.5. The van der Waals surface area contributed by atoms with Gasteiger partial charge in [0.25, 0.3) is 0 Å². The molecule has 0 unspecified atom stereocenters. The van der Waals surface area contributed by atoms with Crippen molar-refractivity contribution >= 4 is 17.5 Å². The molecule has 35 heavy (non-hydrogen) atoms. The quantitative estimate of drug-likeness (QED) is 0.670. The molecule has 1 atom stereocenters. The molecule has 0 spiro atoms. The predicted molar refractivity (Wildman–Crippen MR) is 125 cm³/mol. The number of rotatable bonds is 6. The van der Waals surface area contributed by atoms with Gasteiger partial charge in [-0.1, -0.05) is 12.1 Å². The number of alkyl halides is 3. The first kappa shape index (κ1) is 24.7. The fourth-order valence-corrected chi connectivity index (χ4v) is 4.40. The minimum atomic E-state index is -4.68. The number of hydrogen-bond donors (Lipinski definition) is 1. The van der Waals surface area contributed by atoms with Crippen LogP contribution in [0.3, 0.4) is 0 Å². The van der Waals surface area contributed by atoms with E-state index in [1.807, 2.05) is 24.1 Å². The zero-order valence-electron chi connectivity index (χ0n) is 19.6. The van der Waals surface area contributed by atoms with E-state index < -0.39 is 18.0 Å². The number of piperazine rings is 1. The fraction of sp³-hybridized carbons (Fsp3) is 0.500. The van der Waals surface area contributed by atoms with Gasteiger partial charge in [-0.2, -0.15) is 18.4 Å². The van der Waals surface area contributed by atoms with Crippen molar-refractivity contribution < 1.29 is 18.0 Å². The Labute approximate surface area is 202 Å². The number of amides is 1. The van der Waals surface area contributed by atoms with E-state index in [0.29, 0.717) is 51.0 Å². The third-order valence-electron chi connectivity index (χ3n) is 6.43. The van der Waals surface area contributed by atoms with Crippen LogP contribution >= 0.6 is 0 Å². The fourth-order valence-electron chi connectivity index (χ4n) is 4.40. The molecule has 2 aliphatic rings. The third kappa shape index (κ3) is 6.00. The van der Waals surface area contributed by atoms with E-state index in [2.05, 4.69) is 26.3 Å². The highest BCUT2D eigenvalue weighted by Crippen LogP contribution is 2.33. The van der Waals surface area contributed by atoms with Crippen molar-refractivity contribution in [3.63, 3.8) is 0 Å². The first-order valence-electron chi connectivity index (χ1n) is 11.7. The monoisotopic (exact) mass is 487 g/mol. The van der Waals surface area contributed by atoms with Crippen LogP contribution in [0.15, 0.2) is 30.3 Å². The van der Waals surface area contributed by atoms with Gasteiger partial charge in [0.15, 0.2) is 0 Å². The summed E-state index contributed by atoms with van der Waals surface area (Å²) < 4.78 is 40.9. The molecule has 0 radical (unpaired) electrons. The minimum Gasteiger partial charge on any atom is -0.354 e. The number of hydrogen-bond acceptors (Lipinski definition) is 7. The van der Waals surface area contributed by atoms with Crippen LogP contribution < -0.4 is 15.1 Å². The number of benzene rings is 1. The van der Waals surface area contributed by atoms with Gasteiger partial charge in [-0.25, -0.2) is 9.97 Å². The zero-order chi connectivity index (χ0) is 25.0. The molecular weight excluding hydrogens is 459 g/mol. The van der Waals surface area contributed by atoms with Gasteiger partial charge in [0.05, 0.1) is 11.6 Å². The summed E-state index contributed by atoms with van der Waals surface area (Å²) >= 11 is 0. The molecule has 2 fully saturated rings. The van der Waals surface area contributed by atoms with Crippen LogP contribution in [-0.4, -0.2) is 73.1 Å². The molecule has 11 heteroatoms. The van der Waals surface area contributed by atoms with Crippen LogP contribution in [0.4, 0.5) is 24.8 Å². The van der Waals surface area contributed by atoms with E-state index in [9.17, 15) is 18.0 Å². The highest BCUT2D eigenvalue weighted by molar-refractivity contribution is 5.85. The van der Waals surface area contributed by atoms with Crippen LogP contribution in [0.5, 0.6) is 0 Å². The molecule has 0 saturated carbocycles. The molecule has 2 aliphatic heterocycles. The van der Waals surface area contributed by atoms with Crippen molar-refractivity contribution in [1.82, 2.24) is 20.2 Å². The Hall–Kier alpha value is -3.39. The normalized spacial score (nSPS) is 19.0. The van der Waals surface area contributed by atoms with Gasteiger partial charge in [-0.3, -0.25) is 4.79 Å². The van der Waals surface area contributed by atoms with Crippen molar-refractivity contribution in [2.75, 3.05) is 56.1 Å². The number of carbonyl (C=O) groups excluding carboxylic acids is 1. The molecule has 186 valence electrons. The van der Waals surface area contributed by atoms with Crippen LogP contribution in [0.25, 0.3) is 0 Å². The Morgan fingerprint density at radius 1 is 1.11 bits per heavy atom. The summed E-state index contributed by atoms with van der Waals surface area (Å²) in [5.74, 6) is -1.05. The van der Waals surface area contributed by atoms with Crippen molar-refractivity contribution in [2.24, 2.45) is 0 Å². The van der Waals surface area contributed by atoms with Gasteiger partial charge in [-0.15, -0.1) is 0 Å². The number of likely N-dealkylation sites (N-methyl/N-ethyl adjacent to an activating group) is 1. The Balaban J connectivity index is 1.47. The van der Waals surface area contributed by atoms with Crippen LogP contribution in [0.1, 0.15) is 29.8 Å². The Morgan fingerprint density at radius 3 is 2.46 bits per heavy atom. The average molecular weight is 488 g/mol. The van der Waals surface area contributed by atoms with Crippen molar-refractivity contribution in [1.29, 1.82) is 5.26 Å².